The Morgan fingerprint density at radius 1 is 1.18 bits per heavy atom. The van der Waals surface area contributed by atoms with Crippen molar-refractivity contribution in [3.63, 3.8) is 0 Å². The van der Waals surface area contributed by atoms with Gasteiger partial charge in [-0.15, -0.1) is 0 Å². The summed E-state index contributed by atoms with van der Waals surface area (Å²) in [6.07, 6.45) is 0.188. The molecule has 2 aliphatic heterocycles. The number of hydrogen-bond donors (Lipinski definition) is 2. The third-order valence-corrected chi connectivity index (χ3v) is 5.67. The van der Waals surface area contributed by atoms with Crippen molar-refractivity contribution in [3.05, 3.63) is 41.4 Å². The predicted octanol–water partition coefficient (Wildman–Crippen LogP) is 2.75. The number of ether oxygens (including phenoxy) is 2. The maximum absolute atomic E-state index is 13.2. The Morgan fingerprint density at radius 2 is 1.88 bits per heavy atom. The van der Waals surface area contributed by atoms with Gasteiger partial charge in [0.15, 0.2) is 11.5 Å². The van der Waals surface area contributed by atoms with E-state index in [9.17, 15) is 14.4 Å². The van der Waals surface area contributed by atoms with Crippen LogP contribution in [0.25, 0.3) is 0 Å². The molecule has 2 aliphatic rings. The van der Waals surface area contributed by atoms with Gasteiger partial charge in [0.05, 0.1) is 35.2 Å². The fraction of sp³-hybridized carbons (Fsp3) is 0.348. The molecule has 0 fully saturated rings. The molecule has 0 saturated heterocycles. The van der Waals surface area contributed by atoms with E-state index < -0.39 is 0 Å². The predicted molar refractivity (Wildman–Crippen MR) is 125 cm³/mol. The molecule has 0 bridgehead atoms. The van der Waals surface area contributed by atoms with E-state index in [2.05, 4.69) is 10.6 Å². The summed E-state index contributed by atoms with van der Waals surface area (Å²) in [5.41, 5.74) is 1.64. The lowest BCUT2D eigenvalue weighted by Crippen LogP contribution is -2.45. The zero-order chi connectivity index (χ0) is 23.5. The number of nitrogens with zero attached hydrogens (tertiary/aromatic N) is 2. The van der Waals surface area contributed by atoms with Crippen LogP contribution < -0.4 is 25.0 Å². The minimum absolute atomic E-state index is 0.00481. The SMILES string of the molecule is C[C@@H]1CC(=O)Nc2ccccc2N1C(=O)CN(C)CC(=O)Nc1cc2c(cc1Cl)OCCO2. The first-order valence-corrected chi connectivity index (χ1v) is 11.0. The molecule has 2 N–H and O–H groups in total. The van der Waals surface area contributed by atoms with Crippen molar-refractivity contribution in [1.29, 1.82) is 0 Å². The summed E-state index contributed by atoms with van der Waals surface area (Å²) in [6.45, 7) is 2.66. The van der Waals surface area contributed by atoms with Crippen molar-refractivity contribution >= 4 is 46.4 Å². The second kappa shape index (κ2) is 9.68. The molecule has 2 heterocycles. The Hall–Kier alpha value is -3.30. The molecule has 4 rings (SSSR count). The van der Waals surface area contributed by atoms with Gasteiger partial charge in [0.1, 0.15) is 13.2 Å². The summed E-state index contributed by atoms with van der Waals surface area (Å²) >= 11 is 6.26. The average molecular weight is 473 g/mol. The first kappa shape index (κ1) is 22.9. The minimum Gasteiger partial charge on any atom is -0.486 e. The van der Waals surface area contributed by atoms with Crippen LogP contribution in [0.2, 0.25) is 5.02 Å². The summed E-state index contributed by atoms with van der Waals surface area (Å²) < 4.78 is 11.0. The third kappa shape index (κ3) is 5.20. The summed E-state index contributed by atoms with van der Waals surface area (Å²) in [5, 5.41) is 5.92. The zero-order valence-electron chi connectivity index (χ0n) is 18.4. The van der Waals surface area contributed by atoms with Crippen molar-refractivity contribution in [2.24, 2.45) is 0 Å². The topological polar surface area (TPSA) is 100 Å². The molecule has 2 aromatic carbocycles. The van der Waals surface area contributed by atoms with E-state index in [1.54, 1.807) is 47.2 Å². The van der Waals surface area contributed by atoms with Crippen LogP contribution in [-0.4, -0.2) is 62.0 Å². The highest BCUT2D eigenvalue weighted by atomic mass is 35.5. The highest BCUT2D eigenvalue weighted by Gasteiger charge is 2.30. The Balaban J connectivity index is 1.40. The highest BCUT2D eigenvalue weighted by Crippen LogP contribution is 2.38. The molecule has 0 unspecified atom stereocenters. The molecule has 0 saturated carbocycles. The lowest BCUT2D eigenvalue weighted by Gasteiger charge is -2.29. The molecule has 10 heteroatoms. The number of halogens is 1. The Morgan fingerprint density at radius 3 is 2.64 bits per heavy atom. The number of rotatable bonds is 5. The molecule has 2 aromatic rings. The molecular formula is C23H25ClN4O5. The molecule has 33 heavy (non-hydrogen) atoms. The number of nitrogens with one attached hydrogen (secondary N) is 2. The summed E-state index contributed by atoms with van der Waals surface area (Å²) in [6, 6.07) is 10.1. The number of benzene rings is 2. The van der Waals surface area contributed by atoms with Crippen molar-refractivity contribution in [2.45, 2.75) is 19.4 Å². The largest absolute Gasteiger partial charge is 0.486 e. The molecule has 1 atom stereocenters. The van der Waals surface area contributed by atoms with Gasteiger partial charge in [-0.1, -0.05) is 23.7 Å². The molecule has 3 amide bonds. The van der Waals surface area contributed by atoms with Crippen LogP contribution in [0, 0.1) is 0 Å². The van der Waals surface area contributed by atoms with Gasteiger partial charge < -0.3 is 25.0 Å². The van der Waals surface area contributed by atoms with Gasteiger partial charge in [-0.25, -0.2) is 0 Å². The number of para-hydroxylation sites is 2. The molecule has 0 aliphatic carbocycles. The van der Waals surface area contributed by atoms with Gasteiger partial charge in [0, 0.05) is 24.6 Å². The standard InChI is InChI=1S/C23H25ClN4O5/c1-14-9-21(29)25-16-5-3-4-6-18(16)28(14)23(31)13-27(2)12-22(30)26-17-11-20-19(10-15(17)24)32-7-8-33-20/h3-6,10-11,14H,7-9,12-13H2,1-2H3,(H,25,29)(H,26,30)/t14-/m1/s1. The monoisotopic (exact) mass is 472 g/mol. The number of carbonyl (C=O) groups excluding carboxylic acids is 3. The Kier molecular flexibility index (Phi) is 6.71. The van der Waals surface area contributed by atoms with Gasteiger partial charge in [0.25, 0.3) is 0 Å². The van der Waals surface area contributed by atoms with Crippen molar-refractivity contribution in [3.8, 4) is 11.5 Å². The van der Waals surface area contributed by atoms with Crippen LogP contribution in [0.15, 0.2) is 36.4 Å². The van der Waals surface area contributed by atoms with Gasteiger partial charge >= 0.3 is 0 Å². The molecule has 0 radical (unpaired) electrons. The highest BCUT2D eigenvalue weighted by molar-refractivity contribution is 6.34. The van der Waals surface area contributed by atoms with E-state index >= 15 is 0 Å². The number of anilines is 3. The fourth-order valence-corrected chi connectivity index (χ4v) is 4.13. The van der Waals surface area contributed by atoms with E-state index in [0.717, 1.165) is 0 Å². The number of likely N-dealkylation sites (N-methyl/N-ethyl adjacent to an activating group) is 1. The number of hydrogen-bond acceptors (Lipinski definition) is 6. The number of fused-ring (bicyclic) bond motifs is 2. The maximum Gasteiger partial charge on any atom is 0.241 e. The van der Waals surface area contributed by atoms with E-state index in [-0.39, 0.29) is 43.3 Å². The lowest BCUT2D eigenvalue weighted by molar-refractivity contribution is -0.121. The minimum atomic E-state index is -0.329. The molecule has 0 aromatic heterocycles. The van der Waals surface area contributed by atoms with Crippen LogP contribution >= 0.6 is 11.6 Å². The van der Waals surface area contributed by atoms with Crippen LogP contribution in [0.4, 0.5) is 17.1 Å². The Bertz CT molecular complexity index is 1090. The number of carbonyl (C=O) groups is 3. The van der Waals surface area contributed by atoms with Gasteiger partial charge in [-0.3, -0.25) is 19.3 Å². The second-order valence-corrected chi connectivity index (χ2v) is 8.49. The first-order chi connectivity index (χ1) is 15.8. The van der Waals surface area contributed by atoms with E-state index in [0.29, 0.717) is 46.8 Å². The fourth-order valence-electron chi connectivity index (χ4n) is 3.93. The van der Waals surface area contributed by atoms with Crippen LogP contribution in [0.1, 0.15) is 13.3 Å². The lowest BCUT2D eigenvalue weighted by atomic mass is 10.1. The van der Waals surface area contributed by atoms with Gasteiger partial charge in [-0.2, -0.15) is 0 Å². The van der Waals surface area contributed by atoms with Crippen molar-refractivity contribution in [2.75, 3.05) is 48.9 Å². The van der Waals surface area contributed by atoms with Gasteiger partial charge in [-0.05, 0) is 26.1 Å². The van der Waals surface area contributed by atoms with E-state index in [1.807, 2.05) is 13.0 Å². The molecular weight excluding hydrogens is 448 g/mol. The van der Waals surface area contributed by atoms with Crippen LogP contribution in [-0.2, 0) is 14.4 Å². The van der Waals surface area contributed by atoms with Gasteiger partial charge in [0.2, 0.25) is 17.7 Å². The van der Waals surface area contributed by atoms with Crippen LogP contribution in [0.5, 0.6) is 11.5 Å². The quantitative estimate of drug-likeness (QED) is 0.694. The van der Waals surface area contributed by atoms with Crippen molar-refractivity contribution < 1.29 is 23.9 Å². The zero-order valence-corrected chi connectivity index (χ0v) is 19.1. The van der Waals surface area contributed by atoms with E-state index in [4.69, 9.17) is 21.1 Å². The average Bonchev–Trinajstić information content (AvgIpc) is 2.88. The second-order valence-electron chi connectivity index (χ2n) is 8.08. The normalized spacial score (nSPS) is 17.2. The summed E-state index contributed by atoms with van der Waals surface area (Å²) in [4.78, 5) is 41.1. The smallest absolute Gasteiger partial charge is 0.241 e. The summed E-state index contributed by atoms with van der Waals surface area (Å²) in [5.74, 6) is 0.367. The van der Waals surface area contributed by atoms with E-state index in [1.165, 1.54) is 0 Å². The van der Waals surface area contributed by atoms with Crippen molar-refractivity contribution in [1.82, 2.24) is 4.90 Å². The Labute approximate surface area is 196 Å². The first-order valence-electron chi connectivity index (χ1n) is 10.6. The molecule has 174 valence electrons. The molecule has 0 spiro atoms. The maximum atomic E-state index is 13.2. The van der Waals surface area contributed by atoms with Crippen LogP contribution in [0.3, 0.4) is 0 Å². The summed E-state index contributed by atoms with van der Waals surface area (Å²) in [7, 11) is 1.68. The molecule has 9 nitrogen and oxygen atoms in total. The number of amides is 3. The third-order valence-electron chi connectivity index (χ3n) is 5.35.